The van der Waals surface area contributed by atoms with E-state index in [1.807, 2.05) is 20.8 Å². The Hall–Kier alpha value is -0.810. The lowest BCUT2D eigenvalue weighted by Gasteiger charge is -2.35. The molecule has 0 aliphatic carbocycles. The zero-order chi connectivity index (χ0) is 15.6. The highest BCUT2D eigenvalue weighted by atomic mass is 35.5. The predicted molar refractivity (Wildman–Crippen MR) is 85.3 cm³/mol. The van der Waals surface area contributed by atoms with E-state index in [-0.39, 0.29) is 24.2 Å². The second kappa shape index (κ2) is 6.97. The molecule has 2 N–H and O–H groups in total. The maximum absolute atomic E-state index is 12.4. The van der Waals surface area contributed by atoms with Crippen molar-refractivity contribution in [1.29, 1.82) is 0 Å². The number of anilines is 1. The van der Waals surface area contributed by atoms with Gasteiger partial charge in [0.15, 0.2) is 6.04 Å². The van der Waals surface area contributed by atoms with Crippen molar-refractivity contribution in [2.75, 3.05) is 18.4 Å². The van der Waals surface area contributed by atoms with Gasteiger partial charge < -0.3 is 15.0 Å². The molecule has 1 aromatic rings. The van der Waals surface area contributed by atoms with Crippen molar-refractivity contribution in [3.05, 3.63) is 28.2 Å². The maximum atomic E-state index is 12.4. The summed E-state index contributed by atoms with van der Waals surface area (Å²) in [5.74, 6) is -0.0374. The molecule has 0 aromatic heterocycles. The Morgan fingerprint density at radius 1 is 1.24 bits per heavy atom. The van der Waals surface area contributed by atoms with Crippen molar-refractivity contribution in [3.8, 4) is 0 Å². The van der Waals surface area contributed by atoms with Gasteiger partial charge in [0.05, 0.1) is 0 Å². The predicted octanol–water partition coefficient (Wildman–Crippen LogP) is 2.01. The smallest absolute Gasteiger partial charge is 0.282 e. The third kappa shape index (κ3) is 4.58. The number of rotatable bonds is 3. The van der Waals surface area contributed by atoms with E-state index < -0.39 is 0 Å². The van der Waals surface area contributed by atoms with Crippen LogP contribution in [0.2, 0.25) is 10.0 Å². The first-order chi connectivity index (χ1) is 9.85. The Bertz CT molecular complexity index is 494. The van der Waals surface area contributed by atoms with Crippen LogP contribution in [-0.4, -0.2) is 37.2 Å². The zero-order valence-corrected chi connectivity index (χ0v) is 14.0. The summed E-state index contributed by atoms with van der Waals surface area (Å²) in [6, 6.07) is 4.87. The molecule has 0 bridgehead atoms. The molecular weight excluding hydrogens is 311 g/mol. The van der Waals surface area contributed by atoms with Gasteiger partial charge in [0.25, 0.3) is 5.91 Å². The quantitative estimate of drug-likeness (QED) is 0.889. The minimum Gasteiger partial charge on any atom is -0.364 e. The molecule has 6 heteroatoms. The molecule has 1 aliphatic rings. The molecule has 1 saturated heterocycles. The number of quaternary nitrogens is 1. The molecule has 0 saturated carbocycles. The van der Waals surface area contributed by atoms with Crippen LogP contribution in [0.3, 0.4) is 0 Å². The lowest BCUT2D eigenvalue weighted by molar-refractivity contribution is -0.928. The van der Waals surface area contributed by atoms with Crippen molar-refractivity contribution in [1.82, 2.24) is 0 Å². The summed E-state index contributed by atoms with van der Waals surface area (Å²) in [7, 11) is 0. The highest BCUT2D eigenvalue weighted by molar-refractivity contribution is 6.35. The van der Waals surface area contributed by atoms with E-state index in [1.54, 1.807) is 18.2 Å². The lowest BCUT2D eigenvalue weighted by Crippen LogP contribution is -3.19. The second-order valence-corrected chi connectivity index (χ2v) is 6.57. The Labute approximate surface area is 135 Å². The average molecular weight is 332 g/mol. The topological polar surface area (TPSA) is 42.8 Å². The number of nitrogens with one attached hydrogen (secondary N) is 2. The van der Waals surface area contributed by atoms with Gasteiger partial charge in [0, 0.05) is 15.7 Å². The van der Waals surface area contributed by atoms with Crippen LogP contribution < -0.4 is 10.2 Å². The van der Waals surface area contributed by atoms with Crippen molar-refractivity contribution >= 4 is 34.8 Å². The van der Waals surface area contributed by atoms with Gasteiger partial charge in [0.1, 0.15) is 25.3 Å². The van der Waals surface area contributed by atoms with E-state index in [2.05, 4.69) is 5.32 Å². The number of morpholine rings is 1. The molecule has 1 unspecified atom stereocenters. The van der Waals surface area contributed by atoms with Crippen molar-refractivity contribution in [3.63, 3.8) is 0 Å². The van der Waals surface area contributed by atoms with Crippen LogP contribution in [0.1, 0.15) is 20.8 Å². The fraction of sp³-hybridized carbons (Fsp3) is 0.533. The van der Waals surface area contributed by atoms with E-state index in [4.69, 9.17) is 27.9 Å². The van der Waals surface area contributed by atoms with Gasteiger partial charge in [0.2, 0.25) is 0 Å². The van der Waals surface area contributed by atoms with Gasteiger partial charge in [-0.1, -0.05) is 23.2 Å². The van der Waals surface area contributed by atoms with Gasteiger partial charge in [-0.3, -0.25) is 4.79 Å². The number of ether oxygens (including phenoxy) is 1. The van der Waals surface area contributed by atoms with Gasteiger partial charge in [-0.05, 0) is 39.0 Å². The lowest BCUT2D eigenvalue weighted by atomic mass is 10.1. The average Bonchev–Trinajstić information content (AvgIpc) is 2.35. The van der Waals surface area contributed by atoms with E-state index in [0.29, 0.717) is 15.7 Å². The molecule has 2 rings (SSSR count). The molecule has 0 radical (unpaired) electrons. The monoisotopic (exact) mass is 331 g/mol. The van der Waals surface area contributed by atoms with Crippen LogP contribution in [0.15, 0.2) is 18.2 Å². The molecule has 1 aliphatic heterocycles. The molecule has 116 valence electrons. The molecule has 4 atom stereocenters. The maximum Gasteiger partial charge on any atom is 0.282 e. The first kappa shape index (κ1) is 16.6. The molecule has 21 heavy (non-hydrogen) atoms. The molecule has 0 spiro atoms. The van der Waals surface area contributed by atoms with Crippen LogP contribution in [0.4, 0.5) is 5.69 Å². The normalized spacial score (nSPS) is 27.2. The number of benzene rings is 1. The van der Waals surface area contributed by atoms with E-state index in [9.17, 15) is 4.79 Å². The van der Waals surface area contributed by atoms with Crippen molar-refractivity contribution in [2.45, 2.75) is 39.0 Å². The highest BCUT2D eigenvalue weighted by Gasteiger charge is 2.32. The van der Waals surface area contributed by atoms with E-state index in [1.165, 1.54) is 4.90 Å². The van der Waals surface area contributed by atoms with Crippen molar-refractivity contribution < 1.29 is 14.4 Å². The number of carbonyl (C=O) groups is 1. The Morgan fingerprint density at radius 3 is 2.29 bits per heavy atom. The fourth-order valence-corrected chi connectivity index (χ4v) is 3.26. The molecule has 1 heterocycles. The Morgan fingerprint density at radius 2 is 1.76 bits per heavy atom. The van der Waals surface area contributed by atoms with Gasteiger partial charge in [-0.15, -0.1) is 0 Å². The van der Waals surface area contributed by atoms with Gasteiger partial charge >= 0.3 is 0 Å². The summed E-state index contributed by atoms with van der Waals surface area (Å²) >= 11 is 11.9. The number of amides is 1. The van der Waals surface area contributed by atoms with Crippen LogP contribution in [0, 0.1) is 0 Å². The molecule has 1 amide bonds. The molecule has 1 aromatic carbocycles. The standard InChI is InChI=1S/C15H20Cl2N2O2/c1-9-7-19(8-10(2)21-9)11(3)15(20)18-14-5-12(16)4-13(17)6-14/h4-6,9-11H,7-8H2,1-3H3,(H,18,20)/p+1/t9-,10+,11-/m0/s1. The van der Waals surface area contributed by atoms with Crippen molar-refractivity contribution in [2.24, 2.45) is 0 Å². The van der Waals surface area contributed by atoms with Crippen LogP contribution >= 0.6 is 23.2 Å². The number of hydrogen-bond donors (Lipinski definition) is 2. The minimum atomic E-state index is -0.156. The molecular formula is C15H21Cl2N2O2+. The number of halogens is 2. The summed E-state index contributed by atoms with van der Waals surface area (Å²) in [6.07, 6.45) is 0.333. The Kier molecular flexibility index (Phi) is 5.49. The summed E-state index contributed by atoms with van der Waals surface area (Å²) in [6.45, 7) is 7.67. The van der Waals surface area contributed by atoms with E-state index >= 15 is 0 Å². The Balaban J connectivity index is 2.02. The minimum absolute atomic E-state index is 0.0374. The highest BCUT2D eigenvalue weighted by Crippen LogP contribution is 2.22. The third-order valence-corrected chi connectivity index (χ3v) is 4.14. The first-order valence-electron chi connectivity index (χ1n) is 7.12. The fourth-order valence-electron chi connectivity index (χ4n) is 2.73. The molecule has 4 nitrogen and oxygen atoms in total. The number of carbonyl (C=O) groups excluding carboxylic acids is 1. The van der Waals surface area contributed by atoms with Crippen LogP contribution in [0.5, 0.6) is 0 Å². The third-order valence-electron chi connectivity index (χ3n) is 3.70. The summed E-state index contributed by atoms with van der Waals surface area (Å²) < 4.78 is 5.71. The zero-order valence-electron chi connectivity index (χ0n) is 12.5. The first-order valence-corrected chi connectivity index (χ1v) is 7.87. The second-order valence-electron chi connectivity index (χ2n) is 5.69. The SMILES string of the molecule is C[C@@H]1C[NH+]([C@@H](C)C(=O)Nc2cc(Cl)cc(Cl)c2)C[C@H](C)O1. The summed E-state index contributed by atoms with van der Waals surface area (Å²) in [5.41, 5.74) is 0.623. The summed E-state index contributed by atoms with van der Waals surface area (Å²) in [5, 5.41) is 3.89. The van der Waals surface area contributed by atoms with Gasteiger partial charge in [-0.2, -0.15) is 0 Å². The van der Waals surface area contributed by atoms with Crippen LogP contribution in [0.25, 0.3) is 0 Å². The number of hydrogen-bond acceptors (Lipinski definition) is 2. The van der Waals surface area contributed by atoms with E-state index in [0.717, 1.165) is 13.1 Å². The molecule has 1 fully saturated rings. The summed E-state index contributed by atoms with van der Waals surface area (Å²) in [4.78, 5) is 13.6. The largest absolute Gasteiger partial charge is 0.364 e. The van der Waals surface area contributed by atoms with Crippen LogP contribution in [-0.2, 0) is 9.53 Å². The van der Waals surface area contributed by atoms with Gasteiger partial charge in [-0.25, -0.2) is 0 Å².